The van der Waals surface area contributed by atoms with Crippen LogP contribution >= 0.6 is 0 Å². The van der Waals surface area contributed by atoms with Gasteiger partial charge in [-0.1, -0.05) is 0 Å². The van der Waals surface area contributed by atoms with E-state index in [1.807, 2.05) is 0 Å². The van der Waals surface area contributed by atoms with E-state index in [9.17, 15) is 35.2 Å². The first-order valence-electron chi connectivity index (χ1n) is 9.06. The highest BCUT2D eigenvalue weighted by atomic mass is 16.8. The second-order valence-corrected chi connectivity index (χ2v) is 6.97. The zero-order chi connectivity index (χ0) is 21.8. The minimum atomic E-state index is -2.68. The zero-order valence-electron chi connectivity index (χ0n) is 15.7. The van der Waals surface area contributed by atoms with Crippen LogP contribution in [-0.2, 0) is 19.2 Å². The number of hydrogen-bond acceptors (Lipinski definition) is 10. The standard InChI is InChI=1S/C15H26N4O10/c1-8(21)16-11-9(22)6-15(14(25)26,28-13(11)12(24)10(23)7-20)29-17-19(27)18-4-2-3-5-18/h9-13,20,22-24H,2-7H2,1H3,(H,16,21)(H,25,26)/b19-17-/t9-,10+,11+,12+,13+,15-/m0/s1. The first-order valence-corrected chi connectivity index (χ1v) is 9.06. The molecule has 166 valence electrons. The lowest BCUT2D eigenvalue weighted by atomic mass is 9.88. The molecule has 2 saturated heterocycles. The van der Waals surface area contributed by atoms with Crippen molar-refractivity contribution in [1.29, 1.82) is 0 Å². The molecule has 6 N–H and O–H groups in total. The molecule has 2 aliphatic rings. The quantitative estimate of drug-likeness (QED) is 0.132. The van der Waals surface area contributed by atoms with E-state index in [4.69, 9.17) is 14.7 Å². The van der Waals surface area contributed by atoms with Crippen LogP contribution in [0.4, 0.5) is 0 Å². The Labute approximate surface area is 165 Å². The van der Waals surface area contributed by atoms with Gasteiger partial charge in [-0.3, -0.25) is 9.63 Å². The fourth-order valence-electron chi connectivity index (χ4n) is 3.24. The summed E-state index contributed by atoms with van der Waals surface area (Å²) in [4.78, 5) is 28.2. The molecule has 1 amide bonds. The van der Waals surface area contributed by atoms with Gasteiger partial charge in [0.05, 0.1) is 43.2 Å². The molecule has 6 atom stereocenters. The maximum absolute atomic E-state index is 12.0. The smallest absolute Gasteiger partial charge is 0.380 e. The summed E-state index contributed by atoms with van der Waals surface area (Å²) in [5.41, 5.74) is 0. The van der Waals surface area contributed by atoms with Crippen molar-refractivity contribution in [2.45, 2.75) is 62.4 Å². The number of carboxylic acid groups (broad SMARTS) is 1. The molecule has 29 heavy (non-hydrogen) atoms. The fraction of sp³-hybridized carbons (Fsp3) is 0.867. The largest absolute Gasteiger partial charge is 0.569 e. The predicted molar refractivity (Wildman–Crippen MR) is 90.5 cm³/mol. The lowest BCUT2D eigenvalue weighted by Gasteiger charge is -2.44. The third-order valence-electron chi connectivity index (χ3n) is 4.77. The van der Waals surface area contributed by atoms with Gasteiger partial charge in [0, 0.05) is 6.92 Å². The second kappa shape index (κ2) is 9.49. The number of aliphatic hydroxyl groups excluding tert-OH is 4. The van der Waals surface area contributed by atoms with Gasteiger partial charge in [-0.05, 0) is 12.8 Å². The van der Waals surface area contributed by atoms with Gasteiger partial charge >= 0.3 is 11.8 Å². The molecule has 0 aromatic rings. The number of aliphatic hydroxyl groups is 4. The third-order valence-corrected chi connectivity index (χ3v) is 4.77. The van der Waals surface area contributed by atoms with E-state index in [0.717, 1.165) is 19.8 Å². The number of hydrazine groups is 1. The number of hydrogen-bond donors (Lipinski definition) is 6. The lowest BCUT2D eigenvalue weighted by Crippen LogP contribution is -2.67. The van der Waals surface area contributed by atoms with Crippen LogP contribution < -0.4 is 5.32 Å². The predicted octanol–water partition coefficient (Wildman–Crippen LogP) is -2.96. The fourth-order valence-corrected chi connectivity index (χ4v) is 3.24. The Morgan fingerprint density at radius 2 is 2.03 bits per heavy atom. The topological polar surface area (TPSA) is 207 Å². The van der Waals surface area contributed by atoms with Gasteiger partial charge in [-0.25, -0.2) is 4.79 Å². The number of nitrogens with one attached hydrogen (secondary N) is 1. The van der Waals surface area contributed by atoms with Crippen molar-refractivity contribution in [3.8, 4) is 0 Å². The van der Waals surface area contributed by atoms with Crippen molar-refractivity contribution in [1.82, 2.24) is 10.3 Å². The molecule has 0 aromatic carbocycles. The number of amides is 1. The Morgan fingerprint density at radius 3 is 2.55 bits per heavy atom. The Morgan fingerprint density at radius 1 is 1.41 bits per heavy atom. The molecular weight excluding hydrogens is 396 g/mol. The van der Waals surface area contributed by atoms with Crippen molar-refractivity contribution in [3.63, 3.8) is 0 Å². The minimum absolute atomic E-state index is 0.0708. The molecule has 0 aromatic heterocycles. The molecule has 2 fully saturated rings. The molecule has 14 heteroatoms. The number of ether oxygens (including phenoxy) is 1. The maximum atomic E-state index is 12.0. The van der Waals surface area contributed by atoms with Crippen LogP contribution in [0.25, 0.3) is 0 Å². The van der Waals surface area contributed by atoms with E-state index in [0.29, 0.717) is 13.1 Å². The number of carboxylic acids is 1. The van der Waals surface area contributed by atoms with Crippen LogP contribution in [0.5, 0.6) is 0 Å². The van der Waals surface area contributed by atoms with Crippen LogP contribution in [0.3, 0.4) is 0 Å². The minimum Gasteiger partial charge on any atom is -0.569 e. The normalized spacial score (nSPS) is 32.5. The zero-order valence-corrected chi connectivity index (χ0v) is 15.7. The molecule has 2 rings (SSSR count). The number of carbonyl (C=O) groups excluding carboxylic acids is 1. The maximum Gasteiger partial charge on any atom is 0.380 e. The molecule has 2 aliphatic heterocycles. The van der Waals surface area contributed by atoms with Gasteiger partial charge in [0.15, 0.2) is 0 Å². The van der Waals surface area contributed by atoms with Crippen LogP contribution in [0.15, 0.2) is 5.28 Å². The van der Waals surface area contributed by atoms with E-state index in [2.05, 4.69) is 10.6 Å². The first kappa shape index (κ1) is 23.0. The molecule has 14 nitrogen and oxygen atoms in total. The number of carbonyl (C=O) groups is 2. The average molecular weight is 422 g/mol. The van der Waals surface area contributed by atoms with E-state index in [1.54, 1.807) is 0 Å². The average Bonchev–Trinajstić information content (AvgIpc) is 3.21. The lowest BCUT2D eigenvalue weighted by molar-refractivity contribution is -0.711. The van der Waals surface area contributed by atoms with E-state index < -0.39 is 61.1 Å². The Balaban J connectivity index is 2.31. The van der Waals surface area contributed by atoms with Crippen molar-refractivity contribution >= 4 is 11.9 Å². The molecule has 0 radical (unpaired) electrons. The summed E-state index contributed by atoms with van der Waals surface area (Å²) >= 11 is 0. The number of rotatable bonds is 8. The summed E-state index contributed by atoms with van der Waals surface area (Å²) in [6, 6.07) is -1.33. The summed E-state index contributed by atoms with van der Waals surface area (Å²) in [5, 5.41) is 67.8. The Bertz CT molecular complexity index is 628. The summed E-state index contributed by atoms with van der Waals surface area (Å²) in [5.74, 6) is -5.06. The highest BCUT2D eigenvalue weighted by Gasteiger charge is 2.58. The molecule has 0 spiro atoms. The highest BCUT2D eigenvalue weighted by molar-refractivity contribution is 5.76. The summed E-state index contributed by atoms with van der Waals surface area (Å²) in [6.07, 6.45) is -6.25. The summed E-state index contributed by atoms with van der Waals surface area (Å²) < 4.78 is 5.32. The first-order chi connectivity index (χ1) is 13.6. The third kappa shape index (κ3) is 5.22. The Hall–Kier alpha value is -2.26. The second-order valence-electron chi connectivity index (χ2n) is 6.97. The summed E-state index contributed by atoms with van der Waals surface area (Å²) in [6.45, 7) is 1.01. The van der Waals surface area contributed by atoms with Gasteiger partial charge in [0.25, 0.3) is 0 Å². The monoisotopic (exact) mass is 422 g/mol. The summed E-state index contributed by atoms with van der Waals surface area (Å²) in [7, 11) is 0. The SMILES string of the molecule is CC(=O)N[C@H]1[C@H]([C@H](O)[C@H](O)CO)O[C@@](O/N=[N+](\[O-])N2CCCC2)(C(=O)O)C[C@@H]1O. The van der Waals surface area contributed by atoms with Crippen LogP contribution in [-0.4, -0.2) is 103 Å². The van der Waals surface area contributed by atoms with Crippen LogP contribution in [0.2, 0.25) is 0 Å². The molecular formula is C15H26N4O10. The number of aliphatic carboxylic acids is 1. The van der Waals surface area contributed by atoms with Crippen LogP contribution in [0.1, 0.15) is 26.2 Å². The van der Waals surface area contributed by atoms with Gasteiger partial charge in [-0.2, -0.15) is 0 Å². The van der Waals surface area contributed by atoms with Crippen molar-refractivity contribution < 1.29 is 49.7 Å². The number of nitrogens with zero attached hydrogens (tertiary/aromatic N) is 3. The van der Waals surface area contributed by atoms with Gasteiger partial charge in [-0.15, -0.1) is 5.01 Å². The Kier molecular flexibility index (Phi) is 7.54. The van der Waals surface area contributed by atoms with E-state index in [1.165, 1.54) is 5.01 Å². The van der Waals surface area contributed by atoms with Crippen molar-refractivity contribution in [2.24, 2.45) is 5.28 Å². The van der Waals surface area contributed by atoms with E-state index in [-0.39, 0.29) is 4.97 Å². The molecule has 0 saturated carbocycles. The highest BCUT2D eigenvalue weighted by Crippen LogP contribution is 2.33. The van der Waals surface area contributed by atoms with Crippen molar-refractivity contribution in [3.05, 3.63) is 5.21 Å². The molecule has 0 unspecified atom stereocenters. The van der Waals surface area contributed by atoms with Crippen molar-refractivity contribution in [2.75, 3.05) is 19.7 Å². The molecule has 0 bridgehead atoms. The molecule has 0 aliphatic carbocycles. The molecule has 2 heterocycles. The van der Waals surface area contributed by atoms with Crippen LogP contribution in [0, 0.1) is 5.21 Å². The van der Waals surface area contributed by atoms with Gasteiger partial charge in [0.1, 0.15) is 18.3 Å². The van der Waals surface area contributed by atoms with E-state index >= 15 is 0 Å². The van der Waals surface area contributed by atoms with Gasteiger partial charge < -0.3 is 40.8 Å². The van der Waals surface area contributed by atoms with Gasteiger partial charge in [0.2, 0.25) is 11.2 Å².